The fraction of sp³-hybridized carbons (Fsp3) is 1.00. The van der Waals surface area contributed by atoms with E-state index >= 15 is 0 Å². The van der Waals surface area contributed by atoms with Gasteiger partial charge in [0.2, 0.25) is 0 Å². The molecule has 0 aliphatic heterocycles. The molecule has 4 nitrogen and oxygen atoms in total. The van der Waals surface area contributed by atoms with Crippen LogP contribution in [-0.4, -0.2) is 12.7 Å². The van der Waals surface area contributed by atoms with Gasteiger partial charge in [0.15, 0.2) is 0 Å². The summed E-state index contributed by atoms with van der Waals surface area (Å²) in [7, 11) is -4.00. The SMILES string of the molecule is CCOP(=O)([O-])OC(C)C.[Li+]. The molecule has 0 saturated carbocycles. The van der Waals surface area contributed by atoms with Crippen molar-refractivity contribution in [3.05, 3.63) is 0 Å². The maximum absolute atomic E-state index is 10.6. The smallest absolute Gasteiger partial charge is 0.756 e. The van der Waals surface area contributed by atoms with Crippen molar-refractivity contribution < 1.29 is 37.4 Å². The molecule has 0 fully saturated rings. The first-order valence-electron chi connectivity index (χ1n) is 3.12. The van der Waals surface area contributed by atoms with Gasteiger partial charge in [-0.05, 0) is 20.8 Å². The summed E-state index contributed by atoms with van der Waals surface area (Å²) in [5, 5.41) is 0. The first kappa shape index (κ1) is 14.2. The number of phosphoric acid groups is 1. The van der Waals surface area contributed by atoms with Crippen LogP contribution in [0.4, 0.5) is 0 Å². The van der Waals surface area contributed by atoms with Crippen LogP contribution in [0.2, 0.25) is 0 Å². The molecule has 62 valence electrons. The number of phosphoric ester groups is 1. The van der Waals surface area contributed by atoms with Gasteiger partial charge in [0.05, 0.1) is 12.7 Å². The molecule has 0 rings (SSSR count). The van der Waals surface area contributed by atoms with Crippen LogP contribution in [0.15, 0.2) is 0 Å². The molecule has 1 unspecified atom stereocenters. The fourth-order valence-corrected chi connectivity index (χ4v) is 1.34. The minimum absolute atomic E-state index is 0. The van der Waals surface area contributed by atoms with Crippen molar-refractivity contribution in [2.45, 2.75) is 26.9 Å². The van der Waals surface area contributed by atoms with Gasteiger partial charge in [0.25, 0.3) is 7.82 Å². The minimum atomic E-state index is -4.00. The van der Waals surface area contributed by atoms with Gasteiger partial charge in [0, 0.05) is 0 Å². The second kappa shape index (κ2) is 6.25. The van der Waals surface area contributed by atoms with E-state index in [1.165, 1.54) is 0 Å². The normalized spacial score (nSPS) is 15.7. The summed E-state index contributed by atoms with van der Waals surface area (Å²) in [5.41, 5.74) is 0. The summed E-state index contributed by atoms with van der Waals surface area (Å²) in [6, 6.07) is 0. The molecule has 0 amide bonds. The van der Waals surface area contributed by atoms with Gasteiger partial charge in [-0.15, -0.1) is 0 Å². The van der Waals surface area contributed by atoms with Crippen LogP contribution in [-0.2, 0) is 13.6 Å². The molecule has 0 aliphatic rings. The fourth-order valence-electron chi connectivity index (χ4n) is 0.447. The van der Waals surface area contributed by atoms with Gasteiger partial charge in [-0.3, -0.25) is 4.57 Å². The van der Waals surface area contributed by atoms with Gasteiger partial charge in [0.1, 0.15) is 0 Å². The van der Waals surface area contributed by atoms with Gasteiger partial charge in [-0.1, -0.05) is 0 Å². The van der Waals surface area contributed by atoms with Gasteiger partial charge in [-0.25, -0.2) is 0 Å². The molecule has 1 atom stereocenters. The molecule has 0 N–H and O–H groups in total. The van der Waals surface area contributed by atoms with Crippen molar-refractivity contribution in [2.24, 2.45) is 0 Å². The molecule has 0 aliphatic carbocycles. The zero-order chi connectivity index (χ0) is 8.20. The summed E-state index contributed by atoms with van der Waals surface area (Å²) in [4.78, 5) is 10.6. The summed E-state index contributed by atoms with van der Waals surface area (Å²) < 4.78 is 19.4. The molecule has 0 aromatic carbocycles. The number of hydrogen-bond donors (Lipinski definition) is 0. The first-order valence-corrected chi connectivity index (χ1v) is 4.58. The van der Waals surface area contributed by atoms with Gasteiger partial charge < -0.3 is 13.9 Å². The van der Waals surface area contributed by atoms with E-state index in [-0.39, 0.29) is 31.6 Å². The summed E-state index contributed by atoms with van der Waals surface area (Å²) in [5.74, 6) is 0. The third kappa shape index (κ3) is 8.62. The largest absolute Gasteiger partial charge is 1.00 e. The third-order valence-corrected chi connectivity index (χ3v) is 1.88. The number of hydrogen-bond acceptors (Lipinski definition) is 4. The molecule has 6 heteroatoms. The zero-order valence-electron chi connectivity index (χ0n) is 7.36. The minimum Gasteiger partial charge on any atom is -0.756 e. The van der Waals surface area contributed by atoms with Crippen LogP contribution in [0, 0.1) is 0 Å². The van der Waals surface area contributed by atoms with Gasteiger partial charge >= 0.3 is 18.9 Å². The van der Waals surface area contributed by atoms with E-state index in [0.717, 1.165) is 0 Å². The van der Waals surface area contributed by atoms with Crippen molar-refractivity contribution in [3.8, 4) is 0 Å². The van der Waals surface area contributed by atoms with E-state index in [9.17, 15) is 9.46 Å². The Morgan fingerprint density at radius 3 is 2.27 bits per heavy atom. The maximum atomic E-state index is 10.6. The topological polar surface area (TPSA) is 58.6 Å². The Kier molecular flexibility index (Phi) is 8.09. The quantitative estimate of drug-likeness (QED) is 0.362. The van der Waals surface area contributed by atoms with Crippen molar-refractivity contribution in [1.82, 2.24) is 0 Å². The molecule has 0 spiro atoms. The predicted octanol–water partition coefficient (Wildman–Crippen LogP) is -2.08. The monoisotopic (exact) mass is 174 g/mol. The van der Waals surface area contributed by atoms with Crippen LogP contribution in [0.3, 0.4) is 0 Å². The van der Waals surface area contributed by atoms with Crippen LogP contribution >= 0.6 is 7.82 Å². The molecular formula is C5H12LiO4P. The Hall–Kier alpha value is 0.707. The predicted molar refractivity (Wildman–Crippen MR) is 35.5 cm³/mol. The van der Waals surface area contributed by atoms with Crippen LogP contribution in [0.1, 0.15) is 20.8 Å². The molecule has 0 bridgehead atoms. The van der Waals surface area contributed by atoms with E-state index in [4.69, 9.17) is 0 Å². The van der Waals surface area contributed by atoms with Crippen molar-refractivity contribution in [1.29, 1.82) is 0 Å². The first-order chi connectivity index (χ1) is 4.48. The van der Waals surface area contributed by atoms with Crippen molar-refractivity contribution in [3.63, 3.8) is 0 Å². The molecule has 0 aromatic heterocycles. The molecule has 0 radical (unpaired) electrons. The Bertz CT molecular complexity index is 138. The Morgan fingerprint density at radius 1 is 1.55 bits per heavy atom. The van der Waals surface area contributed by atoms with Gasteiger partial charge in [-0.2, -0.15) is 0 Å². The average Bonchev–Trinajstić information content (AvgIpc) is 1.59. The molecule has 0 aromatic rings. The standard InChI is InChI=1S/C5H13O4P.Li/c1-4-8-10(6,7)9-5(2)3;/h5H,4H2,1-3H3,(H,6,7);/q;+1/p-1. The maximum Gasteiger partial charge on any atom is 1.00 e. The van der Waals surface area contributed by atoms with Crippen molar-refractivity contribution in [2.75, 3.05) is 6.61 Å². The van der Waals surface area contributed by atoms with E-state index in [1.54, 1.807) is 20.8 Å². The molecule has 0 saturated heterocycles. The van der Waals surface area contributed by atoms with E-state index in [0.29, 0.717) is 0 Å². The average molecular weight is 174 g/mol. The summed E-state index contributed by atoms with van der Waals surface area (Å²) in [6.45, 7) is 4.97. The Labute approximate surface area is 79.1 Å². The molecule has 11 heavy (non-hydrogen) atoms. The molecular weight excluding hydrogens is 162 g/mol. The second-order valence-electron chi connectivity index (χ2n) is 2.02. The van der Waals surface area contributed by atoms with Crippen LogP contribution < -0.4 is 23.8 Å². The second-order valence-corrected chi connectivity index (χ2v) is 3.38. The van der Waals surface area contributed by atoms with Crippen LogP contribution in [0.25, 0.3) is 0 Å². The summed E-state index contributed by atoms with van der Waals surface area (Å²) >= 11 is 0. The zero-order valence-corrected chi connectivity index (χ0v) is 8.26. The Morgan fingerprint density at radius 2 is 2.00 bits per heavy atom. The van der Waals surface area contributed by atoms with Crippen LogP contribution in [0.5, 0.6) is 0 Å². The van der Waals surface area contributed by atoms with Crippen molar-refractivity contribution >= 4 is 7.82 Å². The third-order valence-electron chi connectivity index (χ3n) is 0.627. The Balaban J connectivity index is 0. The summed E-state index contributed by atoms with van der Waals surface area (Å²) in [6.07, 6.45) is -0.352. The number of rotatable bonds is 4. The molecule has 0 heterocycles. The van der Waals surface area contributed by atoms with E-state index < -0.39 is 7.82 Å². The van der Waals surface area contributed by atoms with E-state index in [1.807, 2.05) is 0 Å². The van der Waals surface area contributed by atoms with E-state index in [2.05, 4.69) is 9.05 Å².